The molecule has 0 aliphatic heterocycles. The van der Waals surface area contributed by atoms with Gasteiger partial charge in [0.2, 0.25) is 0 Å². The second-order valence-electron chi connectivity index (χ2n) is 3.14. The molecule has 0 saturated heterocycles. The molecule has 78 valence electrons. The summed E-state index contributed by atoms with van der Waals surface area (Å²) < 4.78 is 13.6. The van der Waals surface area contributed by atoms with Gasteiger partial charge in [0.25, 0.3) is 0 Å². The Hall–Kier alpha value is -0.900. The Morgan fingerprint density at radius 1 is 1.27 bits per heavy atom. The van der Waals surface area contributed by atoms with Gasteiger partial charge in [-0.15, -0.1) is 0 Å². The molecule has 0 amide bonds. The van der Waals surface area contributed by atoms with Gasteiger partial charge in [-0.3, -0.25) is 0 Å². The molecule has 15 heavy (non-hydrogen) atoms. The summed E-state index contributed by atoms with van der Waals surface area (Å²) in [6.07, 6.45) is 0. The number of nitrogens with two attached hydrogens (primary N) is 1. The van der Waals surface area contributed by atoms with Crippen LogP contribution in [0.2, 0.25) is 5.02 Å². The Morgan fingerprint density at radius 2 is 2.07 bits per heavy atom. The van der Waals surface area contributed by atoms with E-state index in [9.17, 15) is 4.39 Å². The smallest absolute Gasteiger partial charge is 0.131 e. The summed E-state index contributed by atoms with van der Waals surface area (Å²) in [6.45, 7) is 0.408. The van der Waals surface area contributed by atoms with Crippen LogP contribution in [0.1, 0.15) is 5.56 Å². The van der Waals surface area contributed by atoms with Crippen molar-refractivity contribution in [2.45, 2.75) is 6.54 Å². The van der Waals surface area contributed by atoms with E-state index < -0.39 is 0 Å². The molecule has 0 aliphatic carbocycles. The van der Waals surface area contributed by atoms with Gasteiger partial charge in [-0.2, -0.15) is 11.3 Å². The molecule has 0 atom stereocenters. The first-order valence-electron chi connectivity index (χ1n) is 4.43. The number of hydrogen-bond donors (Lipinski definition) is 1. The Bertz CT molecular complexity index is 481. The number of hydrogen-bond acceptors (Lipinski definition) is 2. The van der Waals surface area contributed by atoms with E-state index in [-0.39, 0.29) is 5.82 Å². The fourth-order valence-electron chi connectivity index (χ4n) is 1.42. The van der Waals surface area contributed by atoms with Crippen molar-refractivity contribution in [2.75, 3.05) is 0 Å². The highest BCUT2D eigenvalue weighted by Crippen LogP contribution is 2.31. The van der Waals surface area contributed by atoms with Gasteiger partial charge in [0.1, 0.15) is 5.82 Å². The minimum Gasteiger partial charge on any atom is -0.326 e. The van der Waals surface area contributed by atoms with E-state index in [1.54, 1.807) is 6.07 Å². The molecule has 0 unspecified atom stereocenters. The molecule has 0 fully saturated rings. The predicted octanol–water partition coefficient (Wildman–Crippen LogP) is 3.67. The molecule has 2 aromatic rings. The highest BCUT2D eigenvalue weighted by Gasteiger charge is 2.10. The largest absolute Gasteiger partial charge is 0.326 e. The van der Waals surface area contributed by atoms with Gasteiger partial charge >= 0.3 is 0 Å². The van der Waals surface area contributed by atoms with Crippen molar-refractivity contribution in [3.63, 3.8) is 0 Å². The maximum atomic E-state index is 13.6. The van der Waals surface area contributed by atoms with Crippen molar-refractivity contribution in [1.82, 2.24) is 0 Å². The number of thiophene rings is 1. The third-order valence-corrected chi connectivity index (χ3v) is 3.21. The SMILES string of the molecule is NCc1cscc1-c1cc(Cl)ccc1F. The van der Waals surface area contributed by atoms with Gasteiger partial charge < -0.3 is 5.73 Å². The van der Waals surface area contributed by atoms with Crippen LogP contribution in [0.3, 0.4) is 0 Å². The van der Waals surface area contributed by atoms with Gasteiger partial charge in [0, 0.05) is 17.1 Å². The molecule has 1 aromatic carbocycles. The number of benzene rings is 1. The van der Waals surface area contributed by atoms with Gasteiger partial charge in [0.15, 0.2) is 0 Å². The van der Waals surface area contributed by atoms with Crippen LogP contribution in [-0.2, 0) is 6.54 Å². The lowest BCUT2D eigenvalue weighted by molar-refractivity contribution is 0.631. The predicted molar refractivity (Wildman–Crippen MR) is 62.6 cm³/mol. The second-order valence-corrected chi connectivity index (χ2v) is 4.32. The van der Waals surface area contributed by atoms with Crippen LogP contribution in [0.4, 0.5) is 4.39 Å². The Morgan fingerprint density at radius 3 is 2.80 bits per heavy atom. The fourth-order valence-corrected chi connectivity index (χ4v) is 2.46. The summed E-state index contributed by atoms with van der Waals surface area (Å²) in [7, 11) is 0. The monoisotopic (exact) mass is 241 g/mol. The van der Waals surface area contributed by atoms with Crippen molar-refractivity contribution in [1.29, 1.82) is 0 Å². The van der Waals surface area contributed by atoms with Crippen LogP contribution in [-0.4, -0.2) is 0 Å². The molecular weight excluding hydrogens is 233 g/mol. The molecule has 2 N–H and O–H groups in total. The van der Waals surface area contributed by atoms with Crippen molar-refractivity contribution >= 4 is 22.9 Å². The summed E-state index contributed by atoms with van der Waals surface area (Å²) >= 11 is 7.35. The van der Waals surface area contributed by atoms with Crippen LogP contribution in [0.25, 0.3) is 11.1 Å². The van der Waals surface area contributed by atoms with Gasteiger partial charge in [-0.1, -0.05) is 11.6 Å². The highest BCUT2D eigenvalue weighted by molar-refractivity contribution is 7.08. The summed E-state index contributed by atoms with van der Waals surface area (Å²) in [4.78, 5) is 0. The summed E-state index contributed by atoms with van der Waals surface area (Å²) in [5.41, 5.74) is 7.87. The highest BCUT2D eigenvalue weighted by atomic mass is 35.5. The molecule has 1 heterocycles. The Labute approximate surface area is 96.3 Å². The van der Waals surface area contributed by atoms with E-state index in [0.717, 1.165) is 11.1 Å². The molecular formula is C11H9ClFNS. The minimum atomic E-state index is -0.271. The maximum Gasteiger partial charge on any atom is 0.131 e. The van der Waals surface area contributed by atoms with E-state index in [0.29, 0.717) is 17.1 Å². The molecule has 1 nitrogen and oxygen atoms in total. The first-order valence-corrected chi connectivity index (χ1v) is 5.75. The first kappa shape index (κ1) is 10.6. The minimum absolute atomic E-state index is 0.271. The van der Waals surface area contributed by atoms with Crippen LogP contribution < -0.4 is 5.73 Å². The number of rotatable bonds is 2. The van der Waals surface area contributed by atoms with Crippen molar-refractivity contribution in [3.05, 3.63) is 45.4 Å². The van der Waals surface area contributed by atoms with E-state index in [1.165, 1.54) is 23.5 Å². The van der Waals surface area contributed by atoms with Crippen LogP contribution in [0, 0.1) is 5.82 Å². The zero-order valence-corrected chi connectivity index (χ0v) is 9.41. The quantitative estimate of drug-likeness (QED) is 0.853. The van der Waals surface area contributed by atoms with E-state index in [2.05, 4.69) is 0 Å². The standard InChI is InChI=1S/C11H9ClFNS/c12-8-1-2-11(13)9(3-8)10-6-15-5-7(10)4-14/h1-3,5-6H,4,14H2. The molecule has 0 aliphatic rings. The lowest BCUT2D eigenvalue weighted by Gasteiger charge is -2.04. The molecule has 0 spiro atoms. The lowest BCUT2D eigenvalue weighted by atomic mass is 10.0. The summed E-state index contributed by atoms with van der Waals surface area (Å²) in [5, 5.41) is 4.34. The van der Waals surface area contributed by atoms with Gasteiger partial charge in [-0.25, -0.2) is 4.39 Å². The second kappa shape index (κ2) is 4.31. The van der Waals surface area contributed by atoms with Crippen LogP contribution >= 0.6 is 22.9 Å². The van der Waals surface area contributed by atoms with Crippen molar-refractivity contribution in [2.24, 2.45) is 5.73 Å². The van der Waals surface area contributed by atoms with E-state index >= 15 is 0 Å². The first-order chi connectivity index (χ1) is 7.22. The Balaban J connectivity index is 2.58. The normalized spacial score (nSPS) is 10.6. The molecule has 1 aromatic heterocycles. The molecule has 2 rings (SSSR count). The van der Waals surface area contributed by atoms with Crippen LogP contribution in [0.15, 0.2) is 29.0 Å². The van der Waals surface area contributed by atoms with Crippen molar-refractivity contribution in [3.8, 4) is 11.1 Å². The Kier molecular flexibility index (Phi) is 3.05. The van der Waals surface area contributed by atoms with Gasteiger partial charge in [-0.05, 0) is 40.1 Å². The molecule has 4 heteroatoms. The third-order valence-electron chi connectivity index (χ3n) is 2.18. The van der Waals surface area contributed by atoms with E-state index in [1.807, 2.05) is 10.8 Å². The summed E-state index contributed by atoms with van der Waals surface area (Å²) in [5.74, 6) is -0.271. The molecule has 0 saturated carbocycles. The van der Waals surface area contributed by atoms with Gasteiger partial charge in [0.05, 0.1) is 0 Å². The molecule has 0 bridgehead atoms. The zero-order valence-electron chi connectivity index (χ0n) is 7.84. The third kappa shape index (κ3) is 2.04. The average molecular weight is 242 g/mol. The number of halogens is 2. The van der Waals surface area contributed by atoms with Crippen LogP contribution in [0.5, 0.6) is 0 Å². The lowest BCUT2D eigenvalue weighted by Crippen LogP contribution is -1.96. The maximum absolute atomic E-state index is 13.6. The van der Waals surface area contributed by atoms with Crippen molar-refractivity contribution < 1.29 is 4.39 Å². The molecule has 0 radical (unpaired) electrons. The topological polar surface area (TPSA) is 26.0 Å². The van der Waals surface area contributed by atoms with E-state index in [4.69, 9.17) is 17.3 Å². The summed E-state index contributed by atoms with van der Waals surface area (Å²) in [6, 6.07) is 4.53. The zero-order chi connectivity index (χ0) is 10.8. The fraction of sp³-hybridized carbons (Fsp3) is 0.0909. The average Bonchev–Trinajstić information content (AvgIpc) is 2.69.